The first-order chi connectivity index (χ1) is 8.79. The van der Waals surface area contributed by atoms with Gasteiger partial charge in [-0.3, -0.25) is 4.79 Å². The number of hydrogen-bond donors (Lipinski definition) is 0. The van der Waals surface area contributed by atoms with Crippen LogP contribution >= 0.6 is 0 Å². The first-order valence-corrected chi connectivity index (χ1v) is 6.31. The largest absolute Gasteiger partial charge is 0.375 e. The summed E-state index contributed by atoms with van der Waals surface area (Å²) < 4.78 is 4.87. The van der Waals surface area contributed by atoms with E-state index in [9.17, 15) is 4.79 Å². The third-order valence-corrected chi connectivity index (χ3v) is 3.20. The van der Waals surface area contributed by atoms with Crippen molar-refractivity contribution in [2.24, 2.45) is 0 Å². The summed E-state index contributed by atoms with van der Waals surface area (Å²) in [5.41, 5.74) is 2.66. The van der Waals surface area contributed by atoms with Crippen molar-refractivity contribution in [3.63, 3.8) is 0 Å². The molecule has 3 nitrogen and oxygen atoms in total. The summed E-state index contributed by atoms with van der Waals surface area (Å²) in [7, 11) is 1.56. The second-order valence-corrected chi connectivity index (χ2v) is 4.53. The SMILES string of the molecule is COCC(=O)N1CCC(=Cc2ccccc2)CC1. The van der Waals surface area contributed by atoms with Gasteiger partial charge in [0.25, 0.3) is 0 Å². The van der Waals surface area contributed by atoms with Gasteiger partial charge in [0.15, 0.2) is 0 Å². The van der Waals surface area contributed by atoms with Crippen LogP contribution in [0.1, 0.15) is 18.4 Å². The number of methoxy groups -OCH3 is 1. The zero-order valence-electron chi connectivity index (χ0n) is 10.8. The summed E-state index contributed by atoms with van der Waals surface area (Å²) in [4.78, 5) is 13.5. The molecule has 1 amide bonds. The summed E-state index contributed by atoms with van der Waals surface area (Å²) in [5, 5.41) is 0. The van der Waals surface area contributed by atoms with E-state index in [1.165, 1.54) is 11.1 Å². The maximum absolute atomic E-state index is 11.6. The Hall–Kier alpha value is -1.61. The van der Waals surface area contributed by atoms with E-state index < -0.39 is 0 Å². The van der Waals surface area contributed by atoms with Gasteiger partial charge in [0.2, 0.25) is 5.91 Å². The number of carbonyl (C=O) groups is 1. The van der Waals surface area contributed by atoms with Crippen molar-refractivity contribution in [2.75, 3.05) is 26.8 Å². The van der Waals surface area contributed by atoms with E-state index in [2.05, 4.69) is 18.2 Å². The van der Waals surface area contributed by atoms with E-state index in [1.54, 1.807) is 7.11 Å². The number of piperidine rings is 1. The van der Waals surface area contributed by atoms with Crippen LogP contribution in [0, 0.1) is 0 Å². The smallest absolute Gasteiger partial charge is 0.248 e. The Morgan fingerprint density at radius 3 is 2.56 bits per heavy atom. The van der Waals surface area contributed by atoms with Crippen molar-refractivity contribution < 1.29 is 9.53 Å². The molecule has 0 spiro atoms. The van der Waals surface area contributed by atoms with Crippen LogP contribution in [0.2, 0.25) is 0 Å². The van der Waals surface area contributed by atoms with E-state index in [0.717, 1.165) is 25.9 Å². The molecule has 1 aromatic carbocycles. The van der Waals surface area contributed by atoms with Gasteiger partial charge in [-0.2, -0.15) is 0 Å². The molecule has 1 aliphatic rings. The van der Waals surface area contributed by atoms with Crippen LogP contribution in [0.4, 0.5) is 0 Å². The maximum Gasteiger partial charge on any atom is 0.248 e. The predicted octanol–water partition coefficient (Wildman–Crippen LogP) is 2.34. The highest BCUT2D eigenvalue weighted by Crippen LogP contribution is 2.19. The number of rotatable bonds is 3. The molecule has 0 radical (unpaired) electrons. The number of hydrogen-bond acceptors (Lipinski definition) is 2. The zero-order valence-corrected chi connectivity index (χ0v) is 10.8. The number of ether oxygens (including phenoxy) is 1. The molecule has 0 aliphatic carbocycles. The van der Waals surface area contributed by atoms with Gasteiger partial charge in [-0.05, 0) is 18.4 Å². The fourth-order valence-electron chi connectivity index (χ4n) is 2.19. The Kier molecular flexibility index (Phi) is 4.53. The molecule has 2 rings (SSSR count). The van der Waals surface area contributed by atoms with Crippen LogP contribution < -0.4 is 0 Å². The number of likely N-dealkylation sites (tertiary alicyclic amines) is 1. The lowest BCUT2D eigenvalue weighted by Crippen LogP contribution is -2.38. The van der Waals surface area contributed by atoms with Crippen LogP contribution in [0.3, 0.4) is 0 Å². The Morgan fingerprint density at radius 1 is 1.28 bits per heavy atom. The average Bonchev–Trinajstić information content (AvgIpc) is 2.41. The molecule has 1 aromatic rings. The van der Waals surface area contributed by atoms with Crippen LogP contribution in [-0.2, 0) is 9.53 Å². The van der Waals surface area contributed by atoms with Crippen LogP contribution in [0.5, 0.6) is 0 Å². The van der Waals surface area contributed by atoms with Crippen molar-refractivity contribution in [3.8, 4) is 0 Å². The van der Waals surface area contributed by atoms with Gasteiger partial charge in [0.1, 0.15) is 6.61 Å². The molecule has 18 heavy (non-hydrogen) atoms. The molecule has 0 N–H and O–H groups in total. The van der Waals surface area contributed by atoms with Crippen molar-refractivity contribution in [2.45, 2.75) is 12.8 Å². The highest BCUT2D eigenvalue weighted by molar-refractivity contribution is 5.77. The maximum atomic E-state index is 11.6. The van der Waals surface area contributed by atoms with Gasteiger partial charge in [-0.25, -0.2) is 0 Å². The third-order valence-electron chi connectivity index (χ3n) is 3.20. The Balaban J connectivity index is 1.91. The number of amides is 1. The highest BCUT2D eigenvalue weighted by Gasteiger charge is 2.18. The van der Waals surface area contributed by atoms with Crippen LogP contribution in [0.25, 0.3) is 6.08 Å². The van der Waals surface area contributed by atoms with Crippen molar-refractivity contribution in [1.29, 1.82) is 0 Å². The molecule has 1 saturated heterocycles. The van der Waals surface area contributed by atoms with Crippen LogP contribution in [-0.4, -0.2) is 37.6 Å². The summed E-state index contributed by atoms with van der Waals surface area (Å²) in [6, 6.07) is 10.3. The second kappa shape index (κ2) is 6.36. The van der Waals surface area contributed by atoms with Crippen molar-refractivity contribution in [3.05, 3.63) is 41.5 Å². The molecule has 0 bridgehead atoms. The number of nitrogens with zero attached hydrogens (tertiary/aromatic N) is 1. The normalized spacial score (nSPS) is 15.6. The number of benzene rings is 1. The van der Waals surface area contributed by atoms with Crippen LogP contribution in [0.15, 0.2) is 35.9 Å². The Morgan fingerprint density at radius 2 is 1.94 bits per heavy atom. The van der Waals surface area contributed by atoms with Gasteiger partial charge >= 0.3 is 0 Å². The Bertz CT molecular complexity index is 415. The minimum atomic E-state index is 0.0938. The fourth-order valence-corrected chi connectivity index (χ4v) is 2.19. The van der Waals surface area contributed by atoms with E-state index in [-0.39, 0.29) is 12.5 Å². The lowest BCUT2D eigenvalue weighted by molar-refractivity contribution is -0.135. The molecule has 0 aromatic heterocycles. The summed E-state index contributed by atoms with van der Waals surface area (Å²) in [6.07, 6.45) is 4.16. The van der Waals surface area contributed by atoms with Gasteiger partial charge in [-0.15, -0.1) is 0 Å². The molecule has 1 heterocycles. The second-order valence-electron chi connectivity index (χ2n) is 4.53. The van der Waals surface area contributed by atoms with Gasteiger partial charge in [-0.1, -0.05) is 42.0 Å². The third kappa shape index (κ3) is 3.44. The standard InChI is InChI=1S/C15H19NO2/c1-18-12-15(17)16-9-7-14(8-10-16)11-13-5-3-2-4-6-13/h2-6,11H,7-10,12H2,1H3. The molecule has 0 atom stereocenters. The topological polar surface area (TPSA) is 29.5 Å². The quantitative estimate of drug-likeness (QED) is 0.818. The minimum absolute atomic E-state index is 0.0938. The predicted molar refractivity (Wildman–Crippen MR) is 72.1 cm³/mol. The summed E-state index contributed by atoms with van der Waals surface area (Å²) >= 11 is 0. The van der Waals surface area contributed by atoms with Gasteiger partial charge in [0, 0.05) is 20.2 Å². The first-order valence-electron chi connectivity index (χ1n) is 6.31. The molecule has 96 valence electrons. The van der Waals surface area contributed by atoms with E-state index in [0.29, 0.717) is 0 Å². The molecular weight excluding hydrogens is 226 g/mol. The first kappa shape index (κ1) is 12.8. The highest BCUT2D eigenvalue weighted by atomic mass is 16.5. The average molecular weight is 245 g/mol. The zero-order chi connectivity index (χ0) is 12.8. The number of carbonyl (C=O) groups excluding carboxylic acids is 1. The fraction of sp³-hybridized carbons (Fsp3) is 0.400. The van der Waals surface area contributed by atoms with Gasteiger partial charge < -0.3 is 9.64 Å². The molecule has 1 aliphatic heterocycles. The molecule has 0 saturated carbocycles. The van der Waals surface area contributed by atoms with Crippen molar-refractivity contribution in [1.82, 2.24) is 4.90 Å². The van der Waals surface area contributed by atoms with Crippen molar-refractivity contribution >= 4 is 12.0 Å². The van der Waals surface area contributed by atoms with Gasteiger partial charge in [0.05, 0.1) is 0 Å². The summed E-state index contributed by atoms with van der Waals surface area (Å²) in [6.45, 7) is 1.81. The molecule has 0 unspecified atom stereocenters. The lowest BCUT2D eigenvalue weighted by Gasteiger charge is -2.28. The molecule has 1 fully saturated rings. The van der Waals surface area contributed by atoms with E-state index in [1.807, 2.05) is 23.1 Å². The summed E-state index contributed by atoms with van der Waals surface area (Å²) in [5.74, 6) is 0.0938. The Labute approximate surface area is 108 Å². The van der Waals surface area contributed by atoms with E-state index in [4.69, 9.17) is 4.74 Å². The van der Waals surface area contributed by atoms with E-state index >= 15 is 0 Å². The molecular formula is C15H19NO2. The molecule has 3 heteroatoms. The minimum Gasteiger partial charge on any atom is -0.375 e. The monoisotopic (exact) mass is 245 g/mol. The lowest BCUT2D eigenvalue weighted by atomic mass is 10.0.